The lowest BCUT2D eigenvalue weighted by molar-refractivity contribution is -0.385. The average Bonchev–Trinajstić information content (AvgIpc) is 2.89. The van der Waals surface area contributed by atoms with Crippen molar-refractivity contribution >= 4 is 5.69 Å². The topological polar surface area (TPSA) is 85.4 Å². The van der Waals surface area contributed by atoms with Gasteiger partial charge < -0.3 is 9.47 Å². The van der Waals surface area contributed by atoms with Crippen molar-refractivity contribution in [3.05, 3.63) is 33.9 Å². The minimum absolute atomic E-state index is 0.000229. The van der Waals surface area contributed by atoms with Crippen LogP contribution in [0.15, 0.2) is 18.2 Å². The first-order valence-electron chi connectivity index (χ1n) is 5.63. The van der Waals surface area contributed by atoms with Crippen LogP contribution in [0.25, 0.3) is 0 Å². The molecule has 18 heavy (non-hydrogen) atoms. The number of nitro groups is 1. The Labute approximate surface area is 104 Å². The van der Waals surface area contributed by atoms with Gasteiger partial charge in [0.2, 0.25) is 0 Å². The molecule has 0 spiro atoms. The zero-order valence-electron chi connectivity index (χ0n) is 9.67. The van der Waals surface area contributed by atoms with Crippen molar-refractivity contribution in [2.75, 3.05) is 13.2 Å². The van der Waals surface area contributed by atoms with Crippen molar-refractivity contribution in [3.8, 4) is 11.8 Å². The maximum absolute atomic E-state index is 10.9. The molecule has 6 heteroatoms. The lowest BCUT2D eigenvalue weighted by Crippen LogP contribution is -2.16. The number of hydrogen-bond donors (Lipinski definition) is 0. The van der Waals surface area contributed by atoms with Gasteiger partial charge in [0.05, 0.1) is 22.7 Å². The van der Waals surface area contributed by atoms with E-state index in [9.17, 15) is 10.1 Å². The van der Waals surface area contributed by atoms with Crippen molar-refractivity contribution in [1.82, 2.24) is 0 Å². The van der Waals surface area contributed by atoms with Gasteiger partial charge in [0.15, 0.2) is 5.75 Å². The number of nitrogens with zero attached hydrogens (tertiary/aromatic N) is 2. The normalized spacial score (nSPS) is 18.3. The van der Waals surface area contributed by atoms with Crippen molar-refractivity contribution in [3.63, 3.8) is 0 Å². The largest absolute Gasteiger partial charge is 0.484 e. The maximum Gasteiger partial charge on any atom is 0.312 e. The van der Waals surface area contributed by atoms with Crippen LogP contribution in [-0.4, -0.2) is 24.2 Å². The highest BCUT2D eigenvalue weighted by atomic mass is 16.6. The van der Waals surface area contributed by atoms with Gasteiger partial charge in [-0.25, -0.2) is 0 Å². The van der Waals surface area contributed by atoms with E-state index in [-0.39, 0.29) is 23.1 Å². The minimum Gasteiger partial charge on any atom is -0.484 e. The van der Waals surface area contributed by atoms with Crippen molar-refractivity contribution in [1.29, 1.82) is 5.26 Å². The van der Waals surface area contributed by atoms with E-state index in [1.807, 2.05) is 6.07 Å². The molecule has 2 rings (SSSR count). The molecule has 0 radical (unpaired) electrons. The molecule has 0 N–H and O–H groups in total. The summed E-state index contributed by atoms with van der Waals surface area (Å²) in [6, 6.07) is 6.02. The van der Waals surface area contributed by atoms with Crippen LogP contribution in [0.3, 0.4) is 0 Å². The summed E-state index contributed by atoms with van der Waals surface area (Å²) >= 11 is 0. The smallest absolute Gasteiger partial charge is 0.312 e. The molecule has 1 atom stereocenters. The molecule has 6 nitrogen and oxygen atoms in total. The van der Waals surface area contributed by atoms with E-state index in [0.717, 1.165) is 12.8 Å². The van der Waals surface area contributed by atoms with Crippen molar-refractivity contribution in [2.24, 2.45) is 0 Å². The van der Waals surface area contributed by atoms with E-state index < -0.39 is 4.92 Å². The van der Waals surface area contributed by atoms with E-state index in [1.165, 1.54) is 18.2 Å². The van der Waals surface area contributed by atoms with Crippen LogP contribution in [-0.2, 0) is 4.74 Å². The predicted molar refractivity (Wildman–Crippen MR) is 62.3 cm³/mol. The zero-order chi connectivity index (χ0) is 13.0. The third-order valence-corrected chi connectivity index (χ3v) is 2.73. The molecule has 1 heterocycles. The Hall–Kier alpha value is -2.13. The number of ether oxygens (including phenoxy) is 2. The van der Waals surface area contributed by atoms with E-state index in [0.29, 0.717) is 13.2 Å². The highest BCUT2D eigenvalue weighted by Gasteiger charge is 2.20. The average molecular weight is 248 g/mol. The van der Waals surface area contributed by atoms with Crippen LogP contribution in [0.4, 0.5) is 5.69 Å². The Bertz CT molecular complexity index is 489. The molecule has 1 aliphatic rings. The summed E-state index contributed by atoms with van der Waals surface area (Å²) in [5.74, 6) is 0.175. The SMILES string of the molecule is N#Cc1ccc(OCC2CCCO2)c([N+](=O)[O-])c1. The first-order valence-corrected chi connectivity index (χ1v) is 5.63. The summed E-state index contributed by atoms with van der Waals surface area (Å²) in [7, 11) is 0. The van der Waals surface area contributed by atoms with E-state index >= 15 is 0 Å². The second-order valence-electron chi connectivity index (χ2n) is 4.00. The van der Waals surface area contributed by atoms with Gasteiger partial charge in [-0.05, 0) is 25.0 Å². The summed E-state index contributed by atoms with van der Waals surface area (Å²) in [6.45, 7) is 1.01. The number of benzene rings is 1. The first-order chi connectivity index (χ1) is 8.70. The summed E-state index contributed by atoms with van der Waals surface area (Å²) < 4.78 is 10.8. The highest BCUT2D eigenvalue weighted by Crippen LogP contribution is 2.28. The lowest BCUT2D eigenvalue weighted by Gasteiger charge is -2.11. The van der Waals surface area contributed by atoms with E-state index in [2.05, 4.69) is 0 Å². The molecule has 1 aromatic rings. The van der Waals surface area contributed by atoms with Gasteiger partial charge in [-0.15, -0.1) is 0 Å². The van der Waals surface area contributed by atoms with Gasteiger partial charge in [-0.3, -0.25) is 10.1 Å². The monoisotopic (exact) mass is 248 g/mol. The minimum atomic E-state index is -0.550. The van der Waals surface area contributed by atoms with E-state index in [1.54, 1.807) is 0 Å². The Morgan fingerprint density at radius 3 is 3.06 bits per heavy atom. The summed E-state index contributed by atoms with van der Waals surface area (Å²) in [6.07, 6.45) is 1.90. The third-order valence-electron chi connectivity index (χ3n) is 2.73. The Balaban J connectivity index is 2.11. The molecule has 0 amide bonds. The molecule has 0 aromatic heterocycles. The molecule has 1 aromatic carbocycles. The number of hydrogen-bond acceptors (Lipinski definition) is 5. The van der Waals surface area contributed by atoms with E-state index in [4.69, 9.17) is 14.7 Å². The van der Waals surface area contributed by atoms with Crippen LogP contribution in [0, 0.1) is 21.4 Å². The second-order valence-corrected chi connectivity index (χ2v) is 4.00. The van der Waals surface area contributed by atoms with Gasteiger partial charge in [-0.2, -0.15) is 5.26 Å². The molecule has 0 saturated carbocycles. The van der Waals surface area contributed by atoms with Gasteiger partial charge in [0.1, 0.15) is 6.61 Å². The van der Waals surface area contributed by atoms with Crippen LogP contribution < -0.4 is 4.74 Å². The molecule has 1 fully saturated rings. The maximum atomic E-state index is 10.9. The van der Waals surface area contributed by atoms with Gasteiger partial charge in [0, 0.05) is 12.7 Å². The molecule has 1 unspecified atom stereocenters. The van der Waals surface area contributed by atoms with Gasteiger partial charge >= 0.3 is 5.69 Å². The van der Waals surface area contributed by atoms with Crippen molar-refractivity contribution in [2.45, 2.75) is 18.9 Å². The molecule has 94 valence electrons. The lowest BCUT2D eigenvalue weighted by atomic mass is 10.2. The third kappa shape index (κ3) is 2.76. The fourth-order valence-electron chi connectivity index (χ4n) is 1.81. The summed E-state index contributed by atoms with van der Waals surface area (Å²) in [4.78, 5) is 10.3. The number of nitro benzene ring substituents is 1. The standard InChI is InChI=1S/C12H12N2O4/c13-7-9-3-4-12(11(6-9)14(15)16)18-8-10-2-1-5-17-10/h3-4,6,10H,1-2,5,8H2. The Morgan fingerprint density at radius 2 is 2.44 bits per heavy atom. The molecular formula is C12H12N2O4. The molecule has 0 bridgehead atoms. The molecular weight excluding hydrogens is 236 g/mol. The van der Waals surface area contributed by atoms with Crippen LogP contribution >= 0.6 is 0 Å². The number of rotatable bonds is 4. The van der Waals surface area contributed by atoms with Crippen LogP contribution in [0.1, 0.15) is 18.4 Å². The Kier molecular flexibility index (Phi) is 3.75. The zero-order valence-corrected chi connectivity index (χ0v) is 9.67. The van der Waals surface area contributed by atoms with Gasteiger partial charge in [-0.1, -0.05) is 0 Å². The van der Waals surface area contributed by atoms with Crippen molar-refractivity contribution < 1.29 is 14.4 Å². The molecule has 1 saturated heterocycles. The molecule has 0 aliphatic carbocycles. The first kappa shape index (κ1) is 12.3. The quantitative estimate of drug-likeness (QED) is 0.601. The van der Waals surface area contributed by atoms with Crippen LogP contribution in [0.5, 0.6) is 5.75 Å². The second kappa shape index (κ2) is 5.47. The van der Waals surface area contributed by atoms with Crippen LogP contribution in [0.2, 0.25) is 0 Å². The Morgan fingerprint density at radius 1 is 1.61 bits per heavy atom. The predicted octanol–water partition coefficient (Wildman–Crippen LogP) is 2.02. The highest BCUT2D eigenvalue weighted by molar-refractivity contribution is 5.51. The number of nitriles is 1. The molecule has 1 aliphatic heterocycles. The van der Waals surface area contributed by atoms with Gasteiger partial charge in [0.25, 0.3) is 0 Å². The fraction of sp³-hybridized carbons (Fsp3) is 0.417. The summed E-state index contributed by atoms with van der Waals surface area (Å²) in [5, 5.41) is 19.6. The summed E-state index contributed by atoms with van der Waals surface area (Å²) in [5.41, 5.74) is 0.0539. The fourth-order valence-corrected chi connectivity index (χ4v) is 1.81.